The van der Waals surface area contributed by atoms with Crippen molar-refractivity contribution in [3.63, 3.8) is 0 Å². The third kappa shape index (κ3) is 0.800. The van der Waals surface area contributed by atoms with Gasteiger partial charge in [-0.15, -0.1) is 0 Å². The van der Waals surface area contributed by atoms with Crippen LogP contribution in [0.25, 0.3) is 0 Å². The number of aliphatic hydroxyl groups excluding tert-OH is 1. The van der Waals surface area contributed by atoms with E-state index in [1.807, 2.05) is 0 Å². The number of nitrogens with zero attached hydrogens (tertiary/aromatic N) is 1. The van der Waals surface area contributed by atoms with Gasteiger partial charge in [-0.2, -0.15) is 0 Å². The van der Waals surface area contributed by atoms with Gasteiger partial charge in [0.1, 0.15) is 0 Å². The van der Waals surface area contributed by atoms with Crippen LogP contribution in [0.4, 0.5) is 0 Å². The average molecular weight is 99.1 g/mol. The van der Waals surface area contributed by atoms with Gasteiger partial charge in [-0.3, -0.25) is 4.99 Å². The Morgan fingerprint density at radius 3 is 2.29 bits per heavy atom. The van der Waals surface area contributed by atoms with Crippen LogP contribution in [0, 0.1) is 0 Å². The van der Waals surface area contributed by atoms with E-state index in [9.17, 15) is 0 Å². The summed E-state index contributed by atoms with van der Waals surface area (Å²) in [6.07, 6.45) is 1.56. The first-order chi connectivity index (χ1) is 3.33. The van der Waals surface area contributed by atoms with E-state index in [2.05, 4.69) is 11.7 Å². The summed E-state index contributed by atoms with van der Waals surface area (Å²) in [5.41, 5.74) is 0. The summed E-state index contributed by atoms with van der Waals surface area (Å²) in [7, 11) is 0. The molecule has 2 nitrogen and oxygen atoms in total. The Morgan fingerprint density at radius 2 is 2.14 bits per heavy atom. The molecule has 0 heterocycles. The summed E-state index contributed by atoms with van der Waals surface area (Å²) < 4.78 is 0. The predicted molar refractivity (Wildman–Crippen MR) is 28.6 cm³/mol. The Kier molecular flexibility index (Phi) is 1.11. The Bertz CT molecular complexity index is 76.1. The van der Waals surface area contributed by atoms with E-state index in [4.69, 9.17) is 5.11 Å². The molecule has 0 unspecified atom stereocenters. The van der Waals surface area contributed by atoms with Crippen LogP contribution in [0.3, 0.4) is 0 Å². The summed E-state index contributed by atoms with van der Waals surface area (Å²) in [6.45, 7) is 3.36. The van der Waals surface area contributed by atoms with E-state index in [1.165, 1.54) is 0 Å². The fraction of sp³-hybridized carbons (Fsp3) is 0.800. The Morgan fingerprint density at radius 1 is 1.57 bits per heavy atom. The molecular weight excluding hydrogens is 90.1 g/mol. The second-order valence-corrected chi connectivity index (χ2v) is 1.96. The van der Waals surface area contributed by atoms with Crippen LogP contribution in [0.5, 0.6) is 0 Å². The van der Waals surface area contributed by atoms with Crippen LogP contribution >= 0.6 is 0 Å². The topological polar surface area (TPSA) is 32.6 Å². The molecule has 1 saturated carbocycles. The highest BCUT2D eigenvalue weighted by molar-refractivity contribution is 5.24. The van der Waals surface area contributed by atoms with Crippen LogP contribution in [-0.4, -0.2) is 24.0 Å². The molecule has 0 aromatic carbocycles. The summed E-state index contributed by atoms with van der Waals surface area (Å²) in [6, 6.07) is 0.356. The standard InChI is InChI=1S/C5H9NO/c1-6-4-2-5(7)3-4/h4-5,7H,1-3H2. The Hall–Kier alpha value is -0.370. The fourth-order valence-electron chi connectivity index (χ4n) is 0.708. The summed E-state index contributed by atoms with van der Waals surface area (Å²) in [4.78, 5) is 3.73. The lowest BCUT2D eigenvalue weighted by Crippen LogP contribution is -2.31. The zero-order valence-electron chi connectivity index (χ0n) is 4.17. The van der Waals surface area contributed by atoms with Gasteiger partial charge in [-0.25, -0.2) is 0 Å². The Balaban J connectivity index is 2.17. The molecule has 0 saturated heterocycles. The number of aliphatic hydroxyl groups is 1. The molecule has 1 fully saturated rings. The minimum absolute atomic E-state index is 0.0875. The third-order valence-corrected chi connectivity index (χ3v) is 1.35. The van der Waals surface area contributed by atoms with Crippen LogP contribution in [0.15, 0.2) is 4.99 Å². The van der Waals surface area contributed by atoms with Crippen LogP contribution in [0.2, 0.25) is 0 Å². The predicted octanol–water partition coefficient (Wildman–Crippen LogP) is 0.210. The second-order valence-electron chi connectivity index (χ2n) is 1.96. The smallest absolute Gasteiger partial charge is 0.0581 e. The van der Waals surface area contributed by atoms with Gasteiger partial charge in [0.25, 0.3) is 0 Å². The lowest BCUT2D eigenvalue weighted by Gasteiger charge is -2.26. The number of aliphatic imine (C=N–C) groups is 1. The minimum Gasteiger partial charge on any atom is -0.393 e. The van der Waals surface area contributed by atoms with Gasteiger partial charge in [0, 0.05) is 0 Å². The summed E-state index contributed by atoms with van der Waals surface area (Å²) >= 11 is 0. The van der Waals surface area contributed by atoms with Gasteiger partial charge >= 0.3 is 0 Å². The van der Waals surface area contributed by atoms with E-state index in [0.717, 1.165) is 12.8 Å². The van der Waals surface area contributed by atoms with E-state index < -0.39 is 0 Å². The lowest BCUT2D eigenvalue weighted by atomic mass is 9.90. The van der Waals surface area contributed by atoms with Gasteiger partial charge in [0.05, 0.1) is 12.1 Å². The average Bonchev–Trinajstić information content (AvgIpc) is 1.58. The molecule has 0 aliphatic heterocycles. The van der Waals surface area contributed by atoms with Gasteiger partial charge in [-0.1, -0.05) is 0 Å². The molecule has 0 spiro atoms. The molecule has 0 atom stereocenters. The van der Waals surface area contributed by atoms with Crippen molar-refractivity contribution >= 4 is 6.72 Å². The van der Waals surface area contributed by atoms with Crippen LogP contribution in [-0.2, 0) is 0 Å². The van der Waals surface area contributed by atoms with Crippen molar-refractivity contribution in [2.45, 2.75) is 25.0 Å². The van der Waals surface area contributed by atoms with Crippen molar-refractivity contribution in [1.82, 2.24) is 0 Å². The monoisotopic (exact) mass is 99.1 g/mol. The number of hydrogen-bond donors (Lipinski definition) is 1. The van der Waals surface area contributed by atoms with Gasteiger partial charge < -0.3 is 5.11 Å². The number of rotatable bonds is 1. The Labute approximate surface area is 42.9 Å². The lowest BCUT2D eigenvalue weighted by molar-refractivity contribution is 0.0781. The first-order valence-corrected chi connectivity index (χ1v) is 2.47. The maximum atomic E-state index is 8.66. The van der Waals surface area contributed by atoms with E-state index in [-0.39, 0.29) is 6.10 Å². The molecule has 1 aliphatic rings. The summed E-state index contributed by atoms with van der Waals surface area (Å²) in [5.74, 6) is 0. The zero-order valence-corrected chi connectivity index (χ0v) is 4.17. The van der Waals surface area contributed by atoms with Crippen LogP contribution < -0.4 is 0 Å². The third-order valence-electron chi connectivity index (χ3n) is 1.35. The molecule has 0 radical (unpaired) electrons. The normalized spacial score (nSPS) is 39.6. The molecule has 0 aromatic rings. The van der Waals surface area contributed by atoms with Crippen molar-refractivity contribution in [1.29, 1.82) is 0 Å². The highest BCUT2D eigenvalue weighted by Crippen LogP contribution is 2.21. The molecule has 0 amide bonds. The molecule has 1 N–H and O–H groups in total. The van der Waals surface area contributed by atoms with E-state index >= 15 is 0 Å². The van der Waals surface area contributed by atoms with Crippen molar-refractivity contribution in [3.05, 3.63) is 0 Å². The van der Waals surface area contributed by atoms with Gasteiger partial charge in [0.2, 0.25) is 0 Å². The van der Waals surface area contributed by atoms with Gasteiger partial charge in [0.15, 0.2) is 0 Å². The van der Waals surface area contributed by atoms with Crippen molar-refractivity contribution in [2.75, 3.05) is 0 Å². The molecule has 7 heavy (non-hydrogen) atoms. The molecule has 2 heteroatoms. The first-order valence-electron chi connectivity index (χ1n) is 2.47. The first kappa shape index (κ1) is 4.78. The highest BCUT2D eigenvalue weighted by atomic mass is 16.3. The largest absolute Gasteiger partial charge is 0.393 e. The van der Waals surface area contributed by atoms with E-state index in [0.29, 0.717) is 6.04 Å². The molecule has 40 valence electrons. The molecule has 0 aromatic heterocycles. The summed E-state index contributed by atoms with van der Waals surface area (Å²) in [5, 5.41) is 8.66. The van der Waals surface area contributed by atoms with Crippen molar-refractivity contribution in [3.8, 4) is 0 Å². The highest BCUT2D eigenvalue weighted by Gasteiger charge is 2.24. The molecule has 1 rings (SSSR count). The van der Waals surface area contributed by atoms with E-state index in [1.54, 1.807) is 0 Å². The fourth-order valence-corrected chi connectivity index (χ4v) is 0.708. The molecular formula is C5H9NO. The minimum atomic E-state index is -0.0875. The zero-order chi connectivity index (χ0) is 5.28. The van der Waals surface area contributed by atoms with Crippen molar-refractivity contribution < 1.29 is 5.11 Å². The second kappa shape index (κ2) is 1.62. The quantitative estimate of drug-likeness (QED) is 0.468. The number of hydrogen-bond acceptors (Lipinski definition) is 2. The molecule has 0 bridgehead atoms. The maximum absolute atomic E-state index is 8.66. The SMILES string of the molecule is C=NC1CC(O)C1. The maximum Gasteiger partial charge on any atom is 0.0581 e. The van der Waals surface area contributed by atoms with Gasteiger partial charge in [-0.05, 0) is 19.6 Å². The van der Waals surface area contributed by atoms with Crippen molar-refractivity contribution in [2.24, 2.45) is 4.99 Å². The van der Waals surface area contributed by atoms with Crippen LogP contribution in [0.1, 0.15) is 12.8 Å². The molecule has 1 aliphatic carbocycles.